The van der Waals surface area contributed by atoms with Crippen LogP contribution in [0.3, 0.4) is 0 Å². The van der Waals surface area contributed by atoms with Crippen molar-refractivity contribution in [2.75, 3.05) is 0 Å². The third kappa shape index (κ3) is 3.65. The SMILES string of the molecule is NC(=O)[C@H](NC(=O)c1ccccc1F)[C@@H]1CCCC(=O)C1. The molecular formula is C15H17FN2O3. The summed E-state index contributed by atoms with van der Waals surface area (Å²) in [6.07, 6.45) is 2.01. The number of ketones is 1. The number of halogens is 1. The van der Waals surface area contributed by atoms with E-state index in [1.54, 1.807) is 0 Å². The van der Waals surface area contributed by atoms with E-state index in [0.29, 0.717) is 19.3 Å². The first kappa shape index (κ1) is 15.2. The van der Waals surface area contributed by atoms with Crippen LogP contribution < -0.4 is 11.1 Å². The van der Waals surface area contributed by atoms with Crippen molar-refractivity contribution in [2.45, 2.75) is 31.7 Å². The molecule has 0 spiro atoms. The van der Waals surface area contributed by atoms with Crippen LogP contribution >= 0.6 is 0 Å². The number of amides is 2. The van der Waals surface area contributed by atoms with Crippen LogP contribution in [-0.4, -0.2) is 23.6 Å². The summed E-state index contributed by atoms with van der Waals surface area (Å²) in [5.41, 5.74) is 5.17. The van der Waals surface area contributed by atoms with Gasteiger partial charge in [-0.05, 0) is 30.9 Å². The highest BCUT2D eigenvalue weighted by Crippen LogP contribution is 2.24. The number of rotatable bonds is 4. The molecule has 21 heavy (non-hydrogen) atoms. The molecule has 1 aliphatic carbocycles. The Morgan fingerprint density at radius 1 is 1.33 bits per heavy atom. The first-order valence-corrected chi connectivity index (χ1v) is 6.85. The largest absolute Gasteiger partial charge is 0.368 e. The fraction of sp³-hybridized carbons (Fsp3) is 0.400. The Kier molecular flexibility index (Phi) is 4.67. The van der Waals surface area contributed by atoms with Crippen molar-refractivity contribution in [1.82, 2.24) is 5.32 Å². The van der Waals surface area contributed by atoms with Crippen molar-refractivity contribution >= 4 is 17.6 Å². The lowest BCUT2D eigenvalue weighted by Crippen LogP contribution is -2.50. The van der Waals surface area contributed by atoms with Crippen LogP contribution in [0.1, 0.15) is 36.0 Å². The van der Waals surface area contributed by atoms with Crippen LogP contribution in [-0.2, 0) is 9.59 Å². The Morgan fingerprint density at radius 2 is 2.05 bits per heavy atom. The molecule has 2 rings (SSSR count). The molecule has 2 atom stereocenters. The molecule has 0 aromatic heterocycles. The molecule has 1 aliphatic rings. The van der Waals surface area contributed by atoms with Crippen molar-refractivity contribution in [3.05, 3.63) is 35.6 Å². The average Bonchev–Trinajstić information content (AvgIpc) is 2.44. The molecule has 3 N–H and O–H groups in total. The molecule has 1 fully saturated rings. The smallest absolute Gasteiger partial charge is 0.254 e. The second kappa shape index (κ2) is 6.47. The minimum atomic E-state index is -0.957. The Balaban J connectivity index is 2.13. The average molecular weight is 292 g/mol. The molecule has 5 nitrogen and oxygen atoms in total. The van der Waals surface area contributed by atoms with Crippen molar-refractivity contribution in [3.63, 3.8) is 0 Å². The lowest BCUT2D eigenvalue weighted by molar-refractivity contribution is -0.124. The molecule has 112 valence electrons. The summed E-state index contributed by atoms with van der Waals surface area (Å²) >= 11 is 0. The summed E-state index contributed by atoms with van der Waals surface area (Å²) < 4.78 is 13.6. The van der Waals surface area contributed by atoms with Gasteiger partial charge in [0, 0.05) is 12.8 Å². The maximum absolute atomic E-state index is 13.6. The van der Waals surface area contributed by atoms with Gasteiger partial charge in [0.15, 0.2) is 0 Å². The monoisotopic (exact) mass is 292 g/mol. The molecule has 0 bridgehead atoms. The van der Waals surface area contributed by atoms with Gasteiger partial charge in [-0.3, -0.25) is 14.4 Å². The van der Waals surface area contributed by atoms with Crippen LogP contribution in [0.25, 0.3) is 0 Å². The van der Waals surface area contributed by atoms with Crippen LogP contribution in [0.15, 0.2) is 24.3 Å². The van der Waals surface area contributed by atoms with E-state index in [1.165, 1.54) is 24.3 Å². The highest BCUT2D eigenvalue weighted by atomic mass is 19.1. The number of nitrogens with two attached hydrogens (primary N) is 1. The van der Waals surface area contributed by atoms with Crippen LogP contribution in [0, 0.1) is 11.7 Å². The molecule has 0 unspecified atom stereocenters. The maximum Gasteiger partial charge on any atom is 0.254 e. The molecule has 0 aliphatic heterocycles. The maximum atomic E-state index is 13.6. The number of carbonyl (C=O) groups is 3. The number of benzene rings is 1. The Morgan fingerprint density at radius 3 is 2.67 bits per heavy atom. The van der Waals surface area contributed by atoms with Gasteiger partial charge in [-0.1, -0.05) is 12.1 Å². The van der Waals surface area contributed by atoms with Gasteiger partial charge in [0.25, 0.3) is 5.91 Å². The number of hydrogen-bond donors (Lipinski definition) is 2. The van der Waals surface area contributed by atoms with E-state index in [1.807, 2.05) is 0 Å². The highest BCUT2D eigenvalue weighted by molar-refractivity contribution is 5.97. The summed E-state index contributed by atoms with van der Waals surface area (Å²) in [7, 11) is 0. The molecular weight excluding hydrogens is 275 g/mol. The van der Waals surface area contributed by atoms with Gasteiger partial charge in [0.05, 0.1) is 5.56 Å². The van der Waals surface area contributed by atoms with Gasteiger partial charge in [-0.15, -0.1) is 0 Å². The van der Waals surface area contributed by atoms with Crippen molar-refractivity contribution in [3.8, 4) is 0 Å². The topological polar surface area (TPSA) is 89.3 Å². The Hall–Kier alpha value is -2.24. The van der Waals surface area contributed by atoms with E-state index in [-0.39, 0.29) is 23.7 Å². The van der Waals surface area contributed by atoms with E-state index in [2.05, 4.69) is 5.32 Å². The summed E-state index contributed by atoms with van der Waals surface area (Å²) in [6.45, 7) is 0. The Bertz CT molecular complexity index is 574. The van der Waals surface area contributed by atoms with Crippen molar-refractivity contribution < 1.29 is 18.8 Å². The fourth-order valence-corrected chi connectivity index (χ4v) is 2.63. The highest BCUT2D eigenvalue weighted by Gasteiger charge is 2.32. The summed E-state index contributed by atoms with van der Waals surface area (Å²) in [6, 6.07) is 4.53. The van der Waals surface area contributed by atoms with Gasteiger partial charge in [0.2, 0.25) is 5.91 Å². The van der Waals surface area contributed by atoms with Crippen molar-refractivity contribution in [1.29, 1.82) is 0 Å². The van der Waals surface area contributed by atoms with Gasteiger partial charge >= 0.3 is 0 Å². The van der Waals surface area contributed by atoms with E-state index in [9.17, 15) is 18.8 Å². The molecule has 0 heterocycles. The quantitative estimate of drug-likeness (QED) is 0.873. The number of carbonyl (C=O) groups excluding carboxylic acids is 3. The van der Waals surface area contributed by atoms with Gasteiger partial charge in [-0.2, -0.15) is 0 Å². The van der Waals surface area contributed by atoms with Gasteiger partial charge in [0.1, 0.15) is 17.6 Å². The zero-order valence-electron chi connectivity index (χ0n) is 11.5. The number of primary amides is 1. The third-order valence-corrected chi connectivity index (χ3v) is 3.70. The van der Waals surface area contributed by atoms with E-state index in [0.717, 1.165) is 0 Å². The second-order valence-electron chi connectivity index (χ2n) is 5.23. The number of hydrogen-bond acceptors (Lipinski definition) is 3. The van der Waals surface area contributed by atoms with Crippen LogP contribution in [0.2, 0.25) is 0 Å². The molecule has 1 aromatic rings. The minimum absolute atomic E-state index is 0.0534. The van der Waals surface area contributed by atoms with E-state index in [4.69, 9.17) is 5.73 Å². The second-order valence-corrected chi connectivity index (χ2v) is 5.23. The summed E-state index contributed by atoms with van der Waals surface area (Å²) in [5.74, 6) is -2.34. The normalized spacial score (nSPS) is 19.9. The zero-order chi connectivity index (χ0) is 15.4. The van der Waals surface area contributed by atoms with Gasteiger partial charge < -0.3 is 11.1 Å². The molecule has 6 heteroatoms. The van der Waals surface area contributed by atoms with Gasteiger partial charge in [-0.25, -0.2) is 4.39 Å². The molecule has 1 aromatic carbocycles. The first-order chi connectivity index (χ1) is 9.99. The zero-order valence-corrected chi connectivity index (χ0v) is 11.5. The first-order valence-electron chi connectivity index (χ1n) is 6.85. The lowest BCUT2D eigenvalue weighted by Gasteiger charge is -2.28. The molecule has 1 saturated carbocycles. The van der Waals surface area contributed by atoms with Crippen molar-refractivity contribution in [2.24, 2.45) is 11.7 Å². The number of nitrogens with one attached hydrogen (secondary N) is 1. The predicted molar refractivity (Wildman–Crippen MR) is 73.8 cm³/mol. The van der Waals surface area contributed by atoms with Crippen LogP contribution in [0.5, 0.6) is 0 Å². The van der Waals surface area contributed by atoms with E-state index >= 15 is 0 Å². The molecule has 0 radical (unpaired) electrons. The fourth-order valence-electron chi connectivity index (χ4n) is 2.63. The third-order valence-electron chi connectivity index (χ3n) is 3.70. The number of Topliss-reactive ketones (excluding diaryl/α,β-unsaturated/α-hetero) is 1. The molecule has 0 saturated heterocycles. The van der Waals surface area contributed by atoms with E-state index < -0.39 is 23.7 Å². The van der Waals surface area contributed by atoms with Crippen LogP contribution in [0.4, 0.5) is 4.39 Å². The molecule has 2 amide bonds. The minimum Gasteiger partial charge on any atom is -0.368 e. The lowest BCUT2D eigenvalue weighted by atomic mass is 9.82. The predicted octanol–water partition coefficient (Wildman–Crippen LogP) is 1.17. The Labute approximate surface area is 121 Å². The summed E-state index contributed by atoms with van der Waals surface area (Å²) in [5, 5.41) is 2.46. The standard InChI is InChI=1S/C15H17FN2O3/c16-12-7-2-1-6-11(12)15(21)18-13(14(17)20)9-4-3-5-10(19)8-9/h1-2,6-7,9,13H,3-5,8H2,(H2,17,20)(H,18,21)/t9-,13-/m1/s1. The summed E-state index contributed by atoms with van der Waals surface area (Å²) in [4.78, 5) is 35.1.